The van der Waals surface area contributed by atoms with Crippen LogP contribution >= 0.6 is 34.4 Å². The summed E-state index contributed by atoms with van der Waals surface area (Å²) >= 11 is 3.22. The molecular formula is C56H101IN10O15S. The number of nitrogens with two attached hydrogens (primary N) is 1. The number of carboxylic acid groups (broad SMARTS) is 2. The first kappa shape index (κ1) is 76.6. The van der Waals surface area contributed by atoms with Gasteiger partial charge in [-0.05, 0) is 77.7 Å². The van der Waals surface area contributed by atoms with Gasteiger partial charge < -0.3 is 77.5 Å². The highest BCUT2D eigenvalue weighted by Gasteiger charge is 2.44. The summed E-state index contributed by atoms with van der Waals surface area (Å²) < 4.78 is 11.5. The fraction of sp³-hybridized carbons (Fsp3) is 0.821. The Hall–Kier alpha value is -4.42. The zero-order chi connectivity index (χ0) is 63.6. The Labute approximate surface area is 509 Å². The highest BCUT2D eigenvalue weighted by molar-refractivity contribution is 14.1. The number of halogens is 1. The van der Waals surface area contributed by atoms with Crippen molar-refractivity contribution in [2.75, 3.05) is 47.9 Å². The second kappa shape index (κ2) is 37.9. The van der Waals surface area contributed by atoms with Gasteiger partial charge in [0.1, 0.15) is 29.4 Å². The molecule has 27 heteroatoms. The van der Waals surface area contributed by atoms with Crippen molar-refractivity contribution in [3.05, 3.63) is 0 Å². The van der Waals surface area contributed by atoms with Crippen molar-refractivity contribution in [2.24, 2.45) is 29.4 Å². The van der Waals surface area contributed by atoms with Crippen molar-refractivity contribution in [1.82, 2.24) is 47.0 Å². The molecule has 0 aromatic heterocycles. The summed E-state index contributed by atoms with van der Waals surface area (Å²) in [6.45, 7) is 19.6. The molecule has 16 atom stereocenters. The number of aliphatic hydroxyl groups is 1. The van der Waals surface area contributed by atoms with E-state index in [0.717, 1.165) is 31.0 Å². The van der Waals surface area contributed by atoms with E-state index in [1.807, 2.05) is 48.5 Å². The van der Waals surface area contributed by atoms with E-state index < -0.39 is 141 Å². The average Bonchev–Trinajstić information content (AvgIpc) is 4.14. The molecule has 478 valence electrons. The monoisotopic (exact) mass is 1310 g/mol. The standard InChI is InChI=1S/C56H101IN10O15S/c1-16-19-21-32(7)45(59-12)52(76)64-44(30(4)5)54(78)66(13)47(31(6)17-2)39(81-14)26-42(70)67-25-20-22-38(67)48(82-15)34(9)49(73)65-46(35(10)68)53(77)63-36(23-24-43(71)72)51(75)61-33(8)29-60-50(74)37(28-58)62-41(69)27-40(55(79)80)83-56(11,57)18-3/h30-40,44-48,59,68H,16-29,58H2,1-15H3,(H,60,74)(H,61,75)(H,62,69)(H,63,77)(H,64,76)(H,65,73)(H,71,72)(H,79,80)/t31-,32?,33+,34+,35?,36-,37-,38-,39+,40?,44-,45-,46-,47-,48?,56?/m0/s1. The number of aliphatic hydroxyl groups excluding tert-OH is 1. The Kier molecular flexibility index (Phi) is 35.0. The molecule has 1 saturated heterocycles. The molecule has 1 aliphatic rings. The molecule has 0 saturated carbocycles. The van der Waals surface area contributed by atoms with E-state index in [0.29, 0.717) is 32.2 Å². The van der Waals surface area contributed by atoms with Crippen molar-refractivity contribution in [3.63, 3.8) is 0 Å². The summed E-state index contributed by atoms with van der Waals surface area (Å²) in [6, 6.07) is -7.83. The Morgan fingerprint density at radius 2 is 1.40 bits per heavy atom. The molecule has 0 aromatic rings. The van der Waals surface area contributed by atoms with E-state index in [4.69, 9.17) is 15.2 Å². The lowest BCUT2D eigenvalue weighted by molar-refractivity contribution is -0.148. The van der Waals surface area contributed by atoms with E-state index >= 15 is 0 Å². The number of hydrogen-bond donors (Lipinski definition) is 11. The van der Waals surface area contributed by atoms with Crippen molar-refractivity contribution in [2.45, 2.75) is 221 Å². The summed E-state index contributed by atoms with van der Waals surface area (Å²) in [5.41, 5.74) is 5.78. The van der Waals surface area contributed by atoms with Crippen LogP contribution in [-0.2, 0) is 57.4 Å². The van der Waals surface area contributed by atoms with Crippen LogP contribution in [0.15, 0.2) is 0 Å². The highest BCUT2D eigenvalue weighted by Crippen LogP contribution is 2.39. The summed E-state index contributed by atoms with van der Waals surface area (Å²) in [5.74, 6) is -8.85. The van der Waals surface area contributed by atoms with Gasteiger partial charge in [-0.3, -0.25) is 47.9 Å². The molecular weight excluding hydrogens is 1210 g/mol. The molecule has 83 heavy (non-hydrogen) atoms. The molecule has 0 bridgehead atoms. The Bertz CT molecular complexity index is 2130. The topological polar surface area (TPSA) is 367 Å². The number of likely N-dealkylation sites (tertiary alicyclic amines) is 1. The predicted octanol–water partition coefficient (Wildman–Crippen LogP) is 1.88. The minimum absolute atomic E-state index is 0.0300. The van der Waals surface area contributed by atoms with Gasteiger partial charge in [0.15, 0.2) is 0 Å². The number of rotatable bonds is 40. The number of carbonyl (C=O) groups excluding carboxylic acids is 8. The van der Waals surface area contributed by atoms with Crippen LogP contribution in [0.25, 0.3) is 0 Å². The van der Waals surface area contributed by atoms with Crippen LogP contribution in [0.5, 0.6) is 0 Å². The SMILES string of the molecule is CCCCC(C)[C@H](NC)C(=O)N[C@H](C(=O)N(C)[C@@H]([C@@H](C)CC)[C@@H](CC(=O)N1CCC[C@H]1C(OC)[C@@H](C)C(=O)N[C@H](C(=O)N[C@@H](CCC(=O)O)C(=O)N[C@H](C)CNC(=O)[C@H](CN)NC(=O)CC(SC(C)(I)CC)C(=O)O)C(C)O)OC)C(C)C. The summed E-state index contributed by atoms with van der Waals surface area (Å²) in [7, 11) is 6.27. The summed E-state index contributed by atoms with van der Waals surface area (Å²) in [5, 5.41) is 47.7. The lowest BCUT2D eigenvalue weighted by Crippen LogP contribution is -2.60. The van der Waals surface area contributed by atoms with Crippen LogP contribution in [0.1, 0.15) is 147 Å². The minimum atomic E-state index is -1.66. The second-order valence-electron chi connectivity index (χ2n) is 22.5. The number of nitrogens with one attached hydrogen (secondary N) is 7. The first-order valence-corrected chi connectivity index (χ1v) is 31.0. The van der Waals surface area contributed by atoms with E-state index in [-0.39, 0.29) is 55.0 Å². The van der Waals surface area contributed by atoms with Crippen LogP contribution in [-0.4, -0.2) is 207 Å². The first-order chi connectivity index (χ1) is 38.8. The third-order valence-corrected chi connectivity index (χ3v) is 18.5. The van der Waals surface area contributed by atoms with E-state index in [9.17, 15) is 63.3 Å². The fourth-order valence-electron chi connectivity index (χ4n) is 10.1. The molecule has 1 rings (SSSR count). The largest absolute Gasteiger partial charge is 0.481 e. The Morgan fingerprint density at radius 1 is 0.783 bits per heavy atom. The third kappa shape index (κ3) is 24.8. The van der Waals surface area contributed by atoms with Gasteiger partial charge in [0.25, 0.3) is 0 Å². The quantitative estimate of drug-likeness (QED) is 0.0308. The number of carbonyl (C=O) groups is 10. The number of unbranched alkanes of at least 4 members (excludes halogenated alkanes) is 1. The van der Waals surface area contributed by atoms with Crippen molar-refractivity contribution < 1.29 is 72.7 Å². The molecule has 0 aliphatic carbocycles. The minimum Gasteiger partial charge on any atom is -0.481 e. The van der Waals surface area contributed by atoms with Gasteiger partial charge in [-0.1, -0.05) is 97.2 Å². The lowest BCUT2D eigenvalue weighted by Gasteiger charge is -2.41. The van der Waals surface area contributed by atoms with Gasteiger partial charge in [-0.15, -0.1) is 11.8 Å². The Balaban J connectivity index is 3.24. The van der Waals surface area contributed by atoms with Gasteiger partial charge >= 0.3 is 11.9 Å². The van der Waals surface area contributed by atoms with Gasteiger partial charge in [0.05, 0.1) is 51.5 Å². The highest BCUT2D eigenvalue weighted by atomic mass is 127. The summed E-state index contributed by atoms with van der Waals surface area (Å²) in [6.07, 6.45) is 0.314. The number of ether oxygens (including phenoxy) is 2. The van der Waals surface area contributed by atoms with Gasteiger partial charge in [-0.25, -0.2) is 0 Å². The number of carboxylic acids is 2. The number of hydrogen-bond acceptors (Lipinski definition) is 16. The smallest absolute Gasteiger partial charge is 0.317 e. The molecule has 0 radical (unpaired) electrons. The first-order valence-electron chi connectivity index (χ1n) is 29.1. The molecule has 0 aromatic carbocycles. The molecule has 1 aliphatic heterocycles. The zero-order valence-corrected chi connectivity index (χ0v) is 54.6. The van der Waals surface area contributed by atoms with Gasteiger partial charge in [-0.2, -0.15) is 0 Å². The lowest BCUT2D eigenvalue weighted by atomic mass is 9.89. The normalized spacial score (nSPS) is 19.3. The molecule has 1 fully saturated rings. The number of methoxy groups -OCH3 is 2. The average molecular weight is 1310 g/mol. The maximum absolute atomic E-state index is 14.5. The molecule has 8 amide bonds. The zero-order valence-electron chi connectivity index (χ0n) is 51.6. The number of nitrogens with zero attached hydrogens (tertiary/aromatic N) is 2. The number of thioether (sulfide) groups is 1. The number of alkyl halides is 1. The number of amides is 8. The summed E-state index contributed by atoms with van der Waals surface area (Å²) in [4.78, 5) is 137. The van der Waals surface area contributed by atoms with E-state index in [1.165, 1.54) is 28.1 Å². The molecule has 5 unspecified atom stereocenters. The van der Waals surface area contributed by atoms with Crippen LogP contribution in [0, 0.1) is 23.7 Å². The molecule has 1 heterocycles. The molecule has 0 spiro atoms. The van der Waals surface area contributed by atoms with Crippen molar-refractivity contribution in [3.8, 4) is 0 Å². The van der Waals surface area contributed by atoms with Gasteiger partial charge in [0, 0.05) is 59.8 Å². The van der Waals surface area contributed by atoms with Gasteiger partial charge in [0.2, 0.25) is 47.3 Å². The number of aliphatic carboxylic acids is 2. The second-order valence-corrected chi connectivity index (χ2v) is 27.4. The van der Waals surface area contributed by atoms with E-state index in [2.05, 4.69) is 66.7 Å². The maximum Gasteiger partial charge on any atom is 0.317 e. The van der Waals surface area contributed by atoms with Crippen LogP contribution in [0.2, 0.25) is 0 Å². The van der Waals surface area contributed by atoms with Crippen LogP contribution in [0.3, 0.4) is 0 Å². The van der Waals surface area contributed by atoms with Crippen LogP contribution < -0.4 is 43.0 Å². The Morgan fingerprint density at radius 3 is 1.90 bits per heavy atom. The predicted molar refractivity (Wildman–Crippen MR) is 325 cm³/mol. The van der Waals surface area contributed by atoms with Crippen molar-refractivity contribution >= 4 is 93.5 Å². The van der Waals surface area contributed by atoms with E-state index in [1.54, 1.807) is 30.8 Å². The third-order valence-electron chi connectivity index (χ3n) is 15.5. The molecule has 25 nitrogen and oxygen atoms in total. The molecule has 12 N–H and O–H groups in total. The van der Waals surface area contributed by atoms with Crippen molar-refractivity contribution in [1.29, 1.82) is 0 Å². The fourth-order valence-corrected chi connectivity index (χ4v) is 12.1. The number of likely N-dealkylation sites (N-methyl/N-ethyl adjacent to an activating group) is 2. The van der Waals surface area contributed by atoms with Crippen LogP contribution in [0.4, 0.5) is 0 Å². The maximum atomic E-state index is 14.5.